The van der Waals surface area contributed by atoms with Crippen LogP contribution in [0.3, 0.4) is 0 Å². The Morgan fingerprint density at radius 1 is 1.15 bits per heavy atom. The zero-order chi connectivity index (χ0) is 20.0. The molecule has 1 saturated carbocycles. The lowest BCUT2D eigenvalue weighted by Gasteiger charge is -2.36. The Bertz CT molecular complexity index is 662. The lowest BCUT2D eigenvalue weighted by Crippen LogP contribution is -2.37. The van der Waals surface area contributed by atoms with E-state index in [1.807, 2.05) is 0 Å². The average Bonchev–Trinajstić information content (AvgIpc) is 2.59. The molecule has 0 aromatic heterocycles. The minimum Gasteiger partial charge on any atom is -0.480 e. The van der Waals surface area contributed by atoms with Crippen molar-refractivity contribution in [2.45, 2.75) is 46.1 Å². The van der Waals surface area contributed by atoms with Crippen molar-refractivity contribution in [3.05, 3.63) is 28.2 Å². The minimum absolute atomic E-state index is 0.121. The van der Waals surface area contributed by atoms with Gasteiger partial charge in [0.15, 0.2) is 13.2 Å². The number of carbonyl (C=O) groups is 2. The standard InChI is InChI=1S/C20H26Cl2O5/c1-12(2)15-6-4-13(3)8-18(15)27-20(24)11-26-19(23)10-25-17-7-5-14(21)9-16(17)22/h5,7,9,12-13,15,18H,4,6,8,10-11H2,1-3H3/t13-,15-,18-/m1/s1. The number of hydrogen-bond acceptors (Lipinski definition) is 5. The molecule has 0 N–H and O–H groups in total. The van der Waals surface area contributed by atoms with E-state index in [2.05, 4.69) is 20.8 Å². The minimum atomic E-state index is -0.671. The first kappa shape index (κ1) is 21.8. The molecule has 27 heavy (non-hydrogen) atoms. The van der Waals surface area contributed by atoms with Gasteiger partial charge in [0.05, 0.1) is 5.02 Å². The molecule has 0 bridgehead atoms. The summed E-state index contributed by atoms with van der Waals surface area (Å²) in [5, 5.41) is 0.760. The van der Waals surface area contributed by atoms with Crippen LogP contribution >= 0.6 is 23.2 Å². The summed E-state index contributed by atoms with van der Waals surface area (Å²) < 4.78 is 15.8. The molecule has 150 valence electrons. The molecular weight excluding hydrogens is 391 g/mol. The van der Waals surface area contributed by atoms with Crippen molar-refractivity contribution in [2.24, 2.45) is 17.8 Å². The fourth-order valence-electron chi connectivity index (χ4n) is 3.36. The van der Waals surface area contributed by atoms with Crippen molar-refractivity contribution >= 4 is 35.1 Å². The molecule has 1 aromatic carbocycles. The number of hydrogen-bond donors (Lipinski definition) is 0. The first-order valence-corrected chi connectivity index (χ1v) is 9.94. The average molecular weight is 417 g/mol. The molecule has 0 unspecified atom stereocenters. The van der Waals surface area contributed by atoms with Crippen LogP contribution in [-0.2, 0) is 19.1 Å². The monoisotopic (exact) mass is 416 g/mol. The van der Waals surface area contributed by atoms with Crippen LogP contribution in [0.25, 0.3) is 0 Å². The summed E-state index contributed by atoms with van der Waals surface area (Å²) in [5.41, 5.74) is 0. The smallest absolute Gasteiger partial charge is 0.344 e. The van der Waals surface area contributed by atoms with Crippen molar-refractivity contribution in [3.8, 4) is 5.75 Å². The highest BCUT2D eigenvalue weighted by atomic mass is 35.5. The number of carbonyl (C=O) groups excluding carboxylic acids is 2. The van der Waals surface area contributed by atoms with Gasteiger partial charge in [0.25, 0.3) is 0 Å². The predicted octanol–water partition coefficient (Wildman–Crippen LogP) is 4.92. The molecule has 5 nitrogen and oxygen atoms in total. The van der Waals surface area contributed by atoms with E-state index in [4.69, 9.17) is 37.4 Å². The summed E-state index contributed by atoms with van der Waals surface area (Å²) >= 11 is 11.8. The third-order valence-corrected chi connectivity index (χ3v) is 5.37. The van der Waals surface area contributed by atoms with Crippen molar-refractivity contribution < 1.29 is 23.8 Å². The van der Waals surface area contributed by atoms with Gasteiger partial charge in [0.2, 0.25) is 0 Å². The quantitative estimate of drug-likeness (QED) is 0.590. The van der Waals surface area contributed by atoms with Gasteiger partial charge < -0.3 is 14.2 Å². The molecule has 1 aromatic rings. The maximum Gasteiger partial charge on any atom is 0.344 e. The lowest BCUT2D eigenvalue weighted by atomic mass is 9.75. The summed E-state index contributed by atoms with van der Waals surface area (Å²) in [4.78, 5) is 23.9. The van der Waals surface area contributed by atoms with E-state index in [1.165, 1.54) is 6.07 Å². The van der Waals surface area contributed by atoms with Gasteiger partial charge in [-0.2, -0.15) is 0 Å². The first-order chi connectivity index (χ1) is 12.8. The maximum absolute atomic E-state index is 12.1. The zero-order valence-electron chi connectivity index (χ0n) is 15.9. The second-order valence-corrected chi connectivity index (χ2v) is 8.22. The van der Waals surface area contributed by atoms with E-state index < -0.39 is 18.5 Å². The highest BCUT2D eigenvalue weighted by molar-refractivity contribution is 6.35. The highest BCUT2D eigenvalue weighted by Gasteiger charge is 2.33. The number of ether oxygens (including phenoxy) is 3. The van der Waals surface area contributed by atoms with Crippen LogP contribution in [0.5, 0.6) is 5.75 Å². The second kappa shape index (κ2) is 10.2. The number of benzene rings is 1. The van der Waals surface area contributed by atoms with Crippen LogP contribution in [-0.4, -0.2) is 31.3 Å². The van der Waals surface area contributed by atoms with Crippen LogP contribution in [0.4, 0.5) is 0 Å². The van der Waals surface area contributed by atoms with Crippen molar-refractivity contribution in [2.75, 3.05) is 13.2 Å². The summed E-state index contributed by atoms with van der Waals surface area (Å²) in [5.74, 6) is 0.425. The zero-order valence-corrected chi connectivity index (χ0v) is 17.4. The molecule has 1 fully saturated rings. The third kappa shape index (κ3) is 6.89. The molecule has 0 amide bonds. The summed E-state index contributed by atoms with van der Waals surface area (Å²) in [6.07, 6.45) is 2.92. The lowest BCUT2D eigenvalue weighted by molar-refractivity contribution is -0.167. The third-order valence-electron chi connectivity index (χ3n) is 4.83. The largest absolute Gasteiger partial charge is 0.480 e. The van der Waals surface area contributed by atoms with Gasteiger partial charge in [0.1, 0.15) is 11.9 Å². The Hall–Kier alpha value is -1.46. The molecule has 3 atom stereocenters. The maximum atomic E-state index is 12.1. The first-order valence-electron chi connectivity index (χ1n) is 9.19. The summed E-state index contributed by atoms with van der Waals surface area (Å²) in [6, 6.07) is 4.67. The molecule has 1 aliphatic carbocycles. The van der Waals surface area contributed by atoms with Gasteiger partial charge in [0, 0.05) is 5.02 Å². The van der Waals surface area contributed by atoms with E-state index in [9.17, 15) is 9.59 Å². The Balaban J connectivity index is 1.76. The molecule has 0 saturated heterocycles. The van der Waals surface area contributed by atoms with Crippen LogP contribution in [0.15, 0.2) is 18.2 Å². The Morgan fingerprint density at radius 3 is 2.56 bits per heavy atom. The molecule has 2 rings (SSSR count). The van der Waals surface area contributed by atoms with Crippen LogP contribution in [0.1, 0.15) is 40.0 Å². The van der Waals surface area contributed by atoms with Gasteiger partial charge in [-0.15, -0.1) is 0 Å². The van der Waals surface area contributed by atoms with E-state index in [-0.39, 0.29) is 12.7 Å². The highest BCUT2D eigenvalue weighted by Crippen LogP contribution is 2.35. The molecule has 7 heteroatoms. The normalized spacial score (nSPS) is 22.4. The van der Waals surface area contributed by atoms with Crippen molar-refractivity contribution in [1.29, 1.82) is 0 Å². The van der Waals surface area contributed by atoms with Gasteiger partial charge in [-0.25, -0.2) is 9.59 Å². The van der Waals surface area contributed by atoms with Gasteiger partial charge in [-0.3, -0.25) is 0 Å². The van der Waals surface area contributed by atoms with Crippen LogP contribution < -0.4 is 4.74 Å². The molecule has 0 aliphatic heterocycles. The van der Waals surface area contributed by atoms with Gasteiger partial charge in [-0.1, -0.05) is 50.4 Å². The molecule has 0 spiro atoms. The van der Waals surface area contributed by atoms with Crippen LogP contribution in [0.2, 0.25) is 10.0 Å². The predicted molar refractivity (Wildman–Crippen MR) is 104 cm³/mol. The van der Waals surface area contributed by atoms with E-state index >= 15 is 0 Å². The molecule has 0 radical (unpaired) electrons. The van der Waals surface area contributed by atoms with Crippen LogP contribution in [0, 0.1) is 17.8 Å². The van der Waals surface area contributed by atoms with Gasteiger partial charge in [-0.05, 0) is 48.8 Å². The second-order valence-electron chi connectivity index (χ2n) is 7.38. The fourth-order valence-corrected chi connectivity index (χ4v) is 3.83. The van der Waals surface area contributed by atoms with Gasteiger partial charge >= 0.3 is 11.9 Å². The molecule has 1 aliphatic rings. The number of esters is 2. The topological polar surface area (TPSA) is 61.8 Å². The molecule has 0 heterocycles. The van der Waals surface area contributed by atoms with Crippen molar-refractivity contribution in [3.63, 3.8) is 0 Å². The van der Waals surface area contributed by atoms with E-state index in [1.54, 1.807) is 12.1 Å². The van der Waals surface area contributed by atoms with E-state index in [0.717, 1.165) is 19.3 Å². The SMILES string of the molecule is CC(C)[C@H]1CC[C@@H](C)C[C@H]1OC(=O)COC(=O)COc1ccc(Cl)cc1Cl. The number of halogens is 2. The Morgan fingerprint density at radius 2 is 1.89 bits per heavy atom. The fraction of sp³-hybridized carbons (Fsp3) is 0.600. The Kier molecular flexibility index (Phi) is 8.24. The Labute approximate surface area is 170 Å². The summed E-state index contributed by atoms with van der Waals surface area (Å²) in [7, 11) is 0. The summed E-state index contributed by atoms with van der Waals surface area (Å²) in [6.45, 7) is 5.66. The number of rotatable bonds is 7. The van der Waals surface area contributed by atoms with Crippen molar-refractivity contribution in [1.82, 2.24) is 0 Å². The molecular formula is C20H26Cl2O5. The van der Waals surface area contributed by atoms with E-state index in [0.29, 0.717) is 33.5 Å².